The van der Waals surface area contributed by atoms with Crippen LogP contribution in [0, 0.1) is 6.92 Å². The van der Waals surface area contributed by atoms with Crippen molar-refractivity contribution in [2.75, 3.05) is 12.1 Å². The molecule has 3 aromatic rings. The van der Waals surface area contributed by atoms with Crippen molar-refractivity contribution in [1.82, 2.24) is 10.3 Å². The van der Waals surface area contributed by atoms with E-state index in [-0.39, 0.29) is 18.6 Å². The third kappa shape index (κ3) is 3.81. The Balaban J connectivity index is 1.47. The summed E-state index contributed by atoms with van der Waals surface area (Å²) >= 11 is 1.48. The van der Waals surface area contributed by atoms with E-state index < -0.39 is 0 Å². The average molecular weight is 395 g/mol. The Morgan fingerprint density at radius 1 is 1.07 bits per heavy atom. The first-order chi connectivity index (χ1) is 13.6. The van der Waals surface area contributed by atoms with Crippen molar-refractivity contribution in [3.63, 3.8) is 0 Å². The summed E-state index contributed by atoms with van der Waals surface area (Å²) in [7, 11) is 0. The molecule has 0 saturated heterocycles. The zero-order valence-electron chi connectivity index (χ0n) is 15.0. The molecule has 1 aliphatic heterocycles. The number of carbonyl (C=O) groups excluding carboxylic acids is 2. The van der Waals surface area contributed by atoms with E-state index in [1.54, 1.807) is 41.9 Å². The van der Waals surface area contributed by atoms with Crippen molar-refractivity contribution in [3.8, 4) is 11.5 Å². The van der Waals surface area contributed by atoms with Crippen molar-refractivity contribution in [3.05, 3.63) is 69.7 Å². The van der Waals surface area contributed by atoms with Crippen LogP contribution in [0.2, 0.25) is 0 Å². The average Bonchev–Trinajstić information content (AvgIpc) is 3.38. The number of hydrogen-bond donors (Lipinski definition) is 2. The minimum atomic E-state index is -0.290. The number of amides is 2. The molecule has 0 bridgehead atoms. The van der Waals surface area contributed by atoms with Crippen molar-refractivity contribution in [1.29, 1.82) is 0 Å². The molecule has 0 aliphatic carbocycles. The molecule has 2 amide bonds. The van der Waals surface area contributed by atoms with E-state index in [1.807, 2.05) is 12.3 Å². The highest BCUT2D eigenvalue weighted by atomic mass is 32.1. The van der Waals surface area contributed by atoms with E-state index >= 15 is 0 Å². The fourth-order valence-corrected chi connectivity index (χ4v) is 3.29. The fraction of sp³-hybridized carbons (Fsp3) is 0.150. The van der Waals surface area contributed by atoms with Gasteiger partial charge in [-0.15, -0.1) is 11.3 Å². The summed E-state index contributed by atoms with van der Waals surface area (Å²) in [6.07, 6.45) is 0. The summed E-state index contributed by atoms with van der Waals surface area (Å²) in [5.74, 6) is 0.638. The zero-order chi connectivity index (χ0) is 19.5. The highest BCUT2D eigenvalue weighted by Gasteiger charge is 2.17. The van der Waals surface area contributed by atoms with Gasteiger partial charge in [0.2, 0.25) is 6.79 Å². The first kappa shape index (κ1) is 18.0. The Hall–Kier alpha value is -3.39. The van der Waals surface area contributed by atoms with Crippen LogP contribution in [0.3, 0.4) is 0 Å². The van der Waals surface area contributed by atoms with Gasteiger partial charge >= 0.3 is 0 Å². The molecular formula is C20H17N3O4S. The van der Waals surface area contributed by atoms with E-state index in [4.69, 9.17) is 9.47 Å². The van der Waals surface area contributed by atoms with Gasteiger partial charge in [-0.3, -0.25) is 9.59 Å². The maximum Gasteiger partial charge on any atom is 0.255 e. The molecule has 0 saturated carbocycles. The molecule has 0 unspecified atom stereocenters. The van der Waals surface area contributed by atoms with Gasteiger partial charge in [0.1, 0.15) is 0 Å². The topological polar surface area (TPSA) is 89.6 Å². The number of rotatable bonds is 5. The Labute approximate surface area is 165 Å². The number of hydrogen-bond acceptors (Lipinski definition) is 6. The van der Waals surface area contributed by atoms with E-state index in [1.165, 1.54) is 11.3 Å². The highest BCUT2D eigenvalue weighted by molar-refractivity contribution is 7.07. The number of carbonyl (C=O) groups is 2. The van der Waals surface area contributed by atoms with Crippen molar-refractivity contribution in [2.45, 2.75) is 13.5 Å². The minimum Gasteiger partial charge on any atom is -0.454 e. The second kappa shape index (κ2) is 7.69. The standard InChI is InChI=1S/C20H17N3O4S/c1-12-2-3-13(19(24)21-8-15-9-28-10-22-15)6-16(12)23-20(25)14-4-5-17-18(7-14)27-11-26-17/h2-7,9-10H,8,11H2,1H3,(H,21,24)(H,23,25). The van der Waals surface area contributed by atoms with Crippen LogP contribution in [-0.2, 0) is 6.54 Å². The third-order valence-corrected chi connectivity index (χ3v) is 4.93. The molecule has 2 aromatic carbocycles. The van der Waals surface area contributed by atoms with E-state index in [0.29, 0.717) is 34.9 Å². The van der Waals surface area contributed by atoms with Gasteiger partial charge < -0.3 is 20.1 Å². The zero-order valence-corrected chi connectivity index (χ0v) is 15.8. The SMILES string of the molecule is Cc1ccc(C(=O)NCc2cscn2)cc1NC(=O)c1ccc2c(c1)OCO2. The van der Waals surface area contributed by atoms with Crippen molar-refractivity contribution in [2.24, 2.45) is 0 Å². The predicted molar refractivity (Wildman–Crippen MR) is 105 cm³/mol. The number of ether oxygens (including phenoxy) is 2. The molecule has 2 N–H and O–H groups in total. The lowest BCUT2D eigenvalue weighted by Crippen LogP contribution is -2.23. The van der Waals surface area contributed by atoms with E-state index in [0.717, 1.165) is 11.3 Å². The molecule has 4 rings (SSSR count). The largest absolute Gasteiger partial charge is 0.454 e. The number of nitrogens with zero attached hydrogens (tertiary/aromatic N) is 1. The normalized spacial score (nSPS) is 11.9. The summed E-state index contributed by atoms with van der Waals surface area (Å²) in [6, 6.07) is 10.2. The number of anilines is 1. The number of aryl methyl sites for hydroxylation is 1. The molecule has 1 aliphatic rings. The molecule has 0 radical (unpaired) electrons. The molecule has 0 fully saturated rings. The van der Waals surface area contributed by atoms with Gasteiger partial charge in [-0.25, -0.2) is 4.98 Å². The van der Waals surface area contributed by atoms with Gasteiger partial charge in [-0.1, -0.05) is 6.07 Å². The highest BCUT2D eigenvalue weighted by Crippen LogP contribution is 2.32. The van der Waals surface area contributed by atoms with E-state index in [2.05, 4.69) is 15.6 Å². The van der Waals surface area contributed by atoms with E-state index in [9.17, 15) is 9.59 Å². The molecule has 2 heterocycles. The molecule has 7 nitrogen and oxygen atoms in total. The van der Waals surface area contributed by atoms with Crippen molar-refractivity contribution < 1.29 is 19.1 Å². The van der Waals surface area contributed by atoms with Gasteiger partial charge in [-0.2, -0.15) is 0 Å². The number of nitrogens with one attached hydrogen (secondary N) is 2. The number of fused-ring (bicyclic) bond motifs is 1. The Morgan fingerprint density at radius 3 is 2.68 bits per heavy atom. The Morgan fingerprint density at radius 2 is 1.86 bits per heavy atom. The quantitative estimate of drug-likeness (QED) is 0.691. The van der Waals surface area contributed by atoms with Crippen LogP contribution >= 0.6 is 11.3 Å². The maximum absolute atomic E-state index is 12.6. The van der Waals surface area contributed by atoms with Crippen LogP contribution in [0.1, 0.15) is 32.0 Å². The minimum absolute atomic E-state index is 0.150. The Bertz CT molecular complexity index is 1030. The summed E-state index contributed by atoms with van der Waals surface area (Å²) in [5, 5.41) is 7.56. The smallest absolute Gasteiger partial charge is 0.255 e. The monoisotopic (exact) mass is 395 g/mol. The summed E-state index contributed by atoms with van der Waals surface area (Å²) in [4.78, 5) is 29.2. The van der Waals surface area contributed by atoms with Crippen LogP contribution in [0.15, 0.2) is 47.3 Å². The maximum atomic E-state index is 12.6. The van der Waals surface area contributed by atoms with Gasteiger partial charge in [0.25, 0.3) is 11.8 Å². The van der Waals surface area contributed by atoms with Crippen LogP contribution in [0.25, 0.3) is 0 Å². The molecule has 8 heteroatoms. The van der Waals surface area contributed by atoms with Crippen LogP contribution < -0.4 is 20.1 Å². The summed E-state index contributed by atoms with van der Waals surface area (Å²) < 4.78 is 10.6. The van der Waals surface area contributed by atoms with Gasteiger partial charge in [0.05, 0.1) is 17.7 Å². The molecule has 0 spiro atoms. The molecule has 0 atom stereocenters. The lowest BCUT2D eigenvalue weighted by molar-refractivity contribution is 0.0949. The fourth-order valence-electron chi connectivity index (χ4n) is 2.73. The van der Waals surface area contributed by atoms with Crippen LogP contribution in [-0.4, -0.2) is 23.6 Å². The molecule has 1 aromatic heterocycles. The first-order valence-corrected chi connectivity index (χ1v) is 9.51. The Kier molecular flexibility index (Phi) is 4.94. The molecule has 142 valence electrons. The number of aromatic nitrogens is 1. The van der Waals surface area contributed by atoms with Crippen molar-refractivity contribution >= 4 is 28.8 Å². The van der Waals surface area contributed by atoms with Crippen LogP contribution in [0.5, 0.6) is 11.5 Å². The van der Waals surface area contributed by atoms with Gasteiger partial charge in [-0.05, 0) is 42.8 Å². The lowest BCUT2D eigenvalue weighted by atomic mass is 10.1. The molecule has 28 heavy (non-hydrogen) atoms. The number of thiazole rings is 1. The third-order valence-electron chi connectivity index (χ3n) is 4.30. The lowest BCUT2D eigenvalue weighted by Gasteiger charge is -2.11. The summed E-state index contributed by atoms with van der Waals surface area (Å²) in [5.41, 5.74) is 4.86. The first-order valence-electron chi connectivity index (χ1n) is 8.57. The van der Waals surface area contributed by atoms with Crippen LogP contribution in [0.4, 0.5) is 5.69 Å². The predicted octanol–water partition coefficient (Wildman–Crippen LogP) is 3.36. The number of benzene rings is 2. The second-order valence-corrected chi connectivity index (χ2v) is 6.93. The molecular weight excluding hydrogens is 378 g/mol. The van der Waals surface area contributed by atoms with Gasteiger partial charge in [0, 0.05) is 22.2 Å². The van der Waals surface area contributed by atoms with Gasteiger partial charge in [0.15, 0.2) is 11.5 Å². The second-order valence-electron chi connectivity index (χ2n) is 6.21. The summed E-state index contributed by atoms with van der Waals surface area (Å²) in [6.45, 7) is 2.37.